The highest BCUT2D eigenvalue weighted by Crippen LogP contribution is 2.26. The number of methoxy groups -OCH3 is 1. The maximum absolute atomic E-state index is 11.2. The van der Waals surface area contributed by atoms with Gasteiger partial charge >= 0.3 is 5.97 Å². The van der Waals surface area contributed by atoms with E-state index in [-0.39, 0.29) is 11.8 Å². The number of Topliss-reactive ketones (excluding diaryl/α,β-unsaturated/α-hetero) is 1. The van der Waals surface area contributed by atoms with Crippen molar-refractivity contribution >= 4 is 39.4 Å². The van der Waals surface area contributed by atoms with Crippen molar-refractivity contribution in [3.63, 3.8) is 0 Å². The van der Waals surface area contributed by atoms with Crippen LogP contribution in [0.25, 0.3) is 0 Å². The summed E-state index contributed by atoms with van der Waals surface area (Å²) in [7, 11) is 1.38. The fourth-order valence-electron chi connectivity index (χ4n) is 1.23. The van der Waals surface area contributed by atoms with Gasteiger partial charge in [0, 0.05) is 20.7 Å². The molecule has 0 aliphatic carbocycles. The van der Waals surface area contributed by atoms with Crippen LogP contribution in [0.4, 0.5) is 0 Å². The normalized spacial score (nSPS) is 10.1. The molecule has 0 spiro atoms. The van der Waals surface area contributed by atoms with Crippen molar-refractivity contribution in [2.24, 2.45) is 0 Å². The number of esters is 1. The molecule has 5 heteroatoms. The molecule has 0 bridgehead atoms. The second-order valence-corrected chi connectivity index (χ2v) is 5.40. The second kappa shape index (κ2) is 6.81. The molecule has 92 valence electrons. The molecule has 1 rings (SSSR count). The van der Waals surface area contributed by atoms with E-state index in [1.165, 1.54) is 14.0 Å². The predicted octanol–water partition coefficient (Wildman–Crippen LogP) is 3.31. The van der Waals surface area contributed by atoms with Gasteiger partial charge in [-0.25, -0.2) is 0 Å². The Morgan fingerprint density at radius 2 is 2.12 bits per heavy atom. The van der Waals surface area contributed by atoms with E-state index < -0.39 is 0 Å². The summed E-state index contributed by atoms with van der Waals surface area (Å²) in [6, 6.07) is 5.55. The molecule has 0 unspecified atom stereocenters. The molecular weight excluding hydrogens is 304 g/mol. The highest BCUT2D eigenvalue weighted by atomic mass is 79.9. The lowest BCUT2D eigenvalue weighted by atomic mass is 10.2. The number of ether oxygens (including phenoxy) is 1. The van der Waals surface area contributed by atoms with E-state index in [2.05, 4.69) is 20.7 Å². The van der Waals surface area contributed by atoms with Crippen molar-refractivity contribution in [1.82, 2.24) is 0 Å². The Hall–Kier alpha value is -0.810. The number of hydrogen-bond donors (Lipinski definition) is 0. The van der Waals surface area contributed by atoms with Gasteiger partial charge < -0.3 is 4.74 Å². The van der Waals surface area contributed by atoms with Crippen LogP contribution in [0.1, 0.15) is 23.7 Å². The first-order chi connectivity index (χ1) is 8.04. The Morgan fingerprint density at radius 3 is 2.65 bits per heavy atom. The molecule has 0 aliphatic heterocycles. The van der Waals surface area contributed by atoms with Crippen molar-refractivity contribution in [2.45, 2.75) is 18.2 Å². The van der Waals surface area contributed by atoms with Gasteiger partial charge in [-0.1, -0.05) is 15.9 Å². The third-order valence-electron chi connectivity index (χ3n) is 2.12. The van der Waals surface area contributed by atoms with Crippen LogP contribution in [0, 0.1) is 0 Å². The number of carbonyl (C=O) groups is 2. The van der Waals surface area contributed by atoms with Gasteiger partial charge in [0.1, 0.15) is 0 Å². The Bertz CT molecular complexity index is 432. The summed E-state index contributed by atoms with van der Waals surface area (Å²) in [6.45, 7) is 1.53. The van der Waals surface area contributed by atoms with Gasteiger partial charge in [-0.15, -0.1) is 11.8 Å². The lowest BCUT2D eigenvalue weighted by Gasteiger charge is -2.04. The summed E-state index contributed by atoms with van der Waals surface area (Å²) in [6.07, 6.45) is 0.382. The minimum atomic E-state index is -0.211. The zero-order chi connectivity index (χ0) is 12.8. The van der Waals surface area contributed by atoms with Crippen LogP contribution in [0.5, 0.6) is 0 Å². The van der Waals surface area contributed by atoms with E-state index in [0.29, 0.717) is 17.7 Å². The van der Waals surface area contributed by atoms with Gasteiger partial charge in [0.05, 0.1) is 13.5 Å². The fourth-order valence-corrected chi connectivity index (χ4v) is 2.90. The van der Waals surface area contributed by atoms with Gasteiger partial charge in [-0.2, -0.15) is 0 Å². The van der Waals surface area contributed by atoms with Crippen LogP contribution in [-0.4, -0.2) is 24.6 Å². The van der Waals surface area contributed by atoms with Gasteiger partial charge in [-0.3, -0.25) is 9.59 Å². The molecule has 0 fully saturated rings. The second-order valence-electron chi connectivity index (χ2n) is 3.37. The van der Waals surface area contributed by atoms with Crippen molar-refractivity contribution in [1.29, 1.82) is 0 Å². The standard InChI is InChI=1S/C12H13BrO3S/c1-8(14)10-4-3-9(7-11(10)13)17-6-5-12(15)16-2/h3-4,7H,5-6H2,1-2H3. The minimum absolute atomic E-state index is 0.0305. The van der Waals surface area contributed by atoms with Gasteiger partial charge in [0.25, 0.3) is 0 Å². The van der Waals surface area contributed by atoms with E-state index in [1.807, 2.05) is 12.1 Å². The van der Waals surface area contributed by atoms with Crippen LogP contribution in [0.3, 0.4) is 0 Å². The van der Waals surface area contributed by atoms with E-state index in [0.717, 1.165) is 9.37 Å². The topological polar surface area (TPSA) is 43.4 Å². The SMILES string of the molecule is COC(=O)CCSc1ccc(C(C)=O)c(Br)c1. The Morgan fingerprint density at radius 1 is 1.41 bits per heavy atom. The molecule has 0 saturated carbocycles. The molecule has 1 aromatic rings. The van der Waals surface area contributed by atoms with E-state index in [1.54, 1.807) is 17.8 Å². The summed E-state index contributed by atoms with van der Waals surface area (Å²) in [5.41, 5.74) is 0.669. The molecule has 0 saturated heterocycles. The Balaban J connectivity index is 2.59. The highest BCUT2D eigenvalue weighted by molar-refractivity contribution is 9.10. The number of halogens is 1. The van der Waals surface area contributed by atoms with Crippen molar-refractivity contribution in [3.05, 3.63) is 28.2 Å². The first-order valence-corrected chi connectivity index (χ1v) is 6.82. The number of benzene rings is 1. The fraction of sp³-hybridized carbons (Fsp3) is 0.333. The predicted molar refractivity (Wildman–Crippen MR) is 71.5 cm³/mol. The average Bonchev–Trinajstić information content (AvgIpc) is 2.28. The molecule has 1 aromatic carbocycles. The molecule has 0 aliphatic rings. The molecular formula is C12H13BrO3S. The molecule has 0 radical (unpaired) electrons. The van der Waals surface area contributed by atoms with Crippen LogP contribution >= 0.6 is 27.7 Å². The minimum Gasteiger partial charge on any atom is -0.469 e. The van der Waals surface area contributed by atoms with Crippen LogP contribution in [0.2, 0.25) is 0 Å². The zero-order valence-corrected chi connectivity index (χ0v) is 12.1. The van der Waals surface area contributed by atoms with E-state index in [4.69, 9.17) is 0 Å². The van der Waals surface area contributed by atoms with Gasteiger partial charge in [-0.05, 0) is 25.1 Å². The van der Waals surface area contributed by atoms with Crippen molar-refractivity contribution < 1.29 is 14.3 Å². The number of rotatable bonds is 5. The largest absolute Gasteiger partial charge is 0.469 e. The smallest absolute Gasteiger partial charge is 0.306 e. The number of thioether (sulfide) groups is 1. The number of hydrogen-bond acceptors (Lipinski definition) is 4. The van der Waals surface area contributed by atoms with E-state index in [9.17, 15) is 9.59 Å². The van der Waals surface area contributed by atoms with Crippen LogP contribution in [0.15, 0.2) is 27.6 Å². The van der Waals surface area contributed by atoms with Crippen LogP contribution < -0.4 is 0 Å². The molecule has 0 N–H and O–H groups in total. The van der Waals surface area contributed by atoms with Crippen molar-refractivity contribution in [2.75, 3.05) is 12.9 Å². The summed E-state index contributed by atoms with van der Waals surface area (Å²) in [5.74, 6) is 0.485. The zero-order valence-electron chi connectivity index (χ0n) is 9.66. The third kappa shape index (κ3) is 4.52. The van der Waals surface area contributed by atoms with Gasteiger partial charge in [0.15, 0.2) is 5.78 Å². The monoisotopic (exact) mass is 316 g/mol. The molecule has 0 aromatic heterocycles. The molecule has 17 heavy (non-hydrogen) atoms. The summed E-state index contributed by atoms with van der Waals surface area (Å²) in [4.78, 5) is 23.2. The number of carbonyl (C=O) groups excluding carboxylic acids is 2. The van der Waals surface area contributed by atoms with Crippen LogP contribution in [-0.2, 0) is 9.53 Å². The molecule has 0 atom stereocenters. The first-order valence-electron chi connectivity index (χ1n) is 5.04. The highest BCUT2D eigenvalue weighted by Gasteiger charge is 2.07. The summed E-state index contributed by atoms with van der Waals surface area (Å²) < 4.78 is 5.34. The maximum Gasteiger partial charge on any atom is 0.306 e. The third-order valence-corrected chi connectivity index (χ3v) is 3.77. The first kappa shape index (κ1) is 14.3. The molecule has 3 nitrogen and oxygen atoms in total. The average molecular weight is 317 g/mol. The lowest BCUT2D eigenvalue weighted by molar-refractivity contribution is -0.140. The summed E-state index contributed by atoms with van der Waals surface area (Å²) >= 11 is 4.91. The van der Waals surface area contributed by atoms with Gasteiger partial charge in [0.2, 0.25) is 0 Å². The number of ketones is 1. The summed E-state index contributed by atoms with van der Waals surface area (Å²) in [5, 5.41) is 0. The molecule has 0 amide bonds. The maximum atomic E-state index is 11.2. The Kier molecular flexibility index (Phi) is 5.71. The Labute approximate surface area is 113 Å². The molecule has 0 heterocycles. The lowest BCUT2D eigenvalue weighted by Crippen LogP contribution is -2.01. The van der Waals surface area contributed by atoms with E-state index >= 15 is 0 Å². The quantitative estimate of drug-likeness (QED) is 0.475. The van der Waals surface area contributed by atoms with Crippen molar-refractivity contribution in [3.8, 4) is 0 Å².